The molecule has 0 fully saturated rings. The van der Waals surface area contributed by atoms with Gasteiger partial charge in [0.1, 0.15) is 11.2 Å². The molecule has 1 aliphatic carbocycles. The molecule has 138 valence electrons. The zero-order chi connectivity index (χ0) is 19.1. The van der Waals surface area contributed by atoms with E-state index >= 15 is 0 Å². The molecule has 1 heterocycles. The highest BCUT2D eigenvalue weighted by Gasteiger charge is 2.37. The van der Waals surface area contributed by atoms with Gasteiger partial charge < -0.3 is 14.8 Å². The lowest BCUT2D eigenvalue weighted by molar-refractivity contribution is -0.146. The number of amides is 1. The standard InChI is InChI=1S/C22H21NO4/c1-12-9-17(18(22(25)26)10-13(12)2)21(24)23-14-7-8-16-15-5-3-4-6-19(15)27-20(16)11-14/h3-8,11,17-18H,9-10H2,1-2H3,(H,23,24)(H,25,26)/t17-,18+/m1/s1. The molecule has 1 amide bonds. The van der Waals surface area contributed by atoms with Gasteiger partial charge in [0.2, 0.25) is 5.91 Å². The van der Waals surface area contributed by atoms with Gasteiger partial charge >= 0.3 is 5.97 Å². The van der Waals surface area contributed by atoms with Crippen LogP contribution in [0, 0.1) is 11.8 Å². The van der Waals surface area contributed by atoms with Gasteiger partial charge in [-0.05, 0) is 44.9 Å². The molecule has 0 unspecified atom stereocenters. The first kappa shape index (κ1) is 17.3. The third-order valence-corrected chi connectivity index (χ3v) is 5.57. The summed E-state index contributed by atoms with van der Waals surface area (Å²) in [5.74, 6) is -2.44. The number of furan rings is 1. The lowest BCUT2D eigenvalue weighted by atomic mass is 9.76. The Kier molecular flexibility index (Phi) is 4.22. The minimum absolute atomic E-state index is 0.260. The van der Waals surface area contributed by atoms with Gasteiger partial charge in [-0.1, -0.05) is 29.3 Å². The number of carbonyl (C=O) groups excluding carboxylic acids is 1. The van der Waals surface area contributed by atoms with Crippen LogP contribution in [-0.4, -0.2) is 17.0 Å². The SMILES string of the molecule is CC1=C(C)C[C@@H](C(=O)Nc2ccc3c(c2)oc2ccccc23)[C@@H](C(=O)O)C1. The number of hydrogen-bond acceptors (Lipinski definition) is 3. The quantitative estimate of drug-likeness (QED) is 0.644. The average molecular weight is 363 g/mol. The molecule has 0 radical (unpaired) electrons. The summed E-state index contributed by atoms with van der Waals surface area (Å²) in [5, 5.41) is 14.4. The van der Waals surface area contributed by atoms with Crippen molar-refractivity contribution in [2.75, 3.05) is 5.32 Å². The fourth-order valence-electron chi connectivity index (χ4n) is 3.87. The van der Waals surface area contributed by atoms with Gasteiger partial charge in [0, 0.05) is 22.5 Å². The molecule has 1 aromatic heterocycles. The van der Waals surface area contributed by atoms with Crippen LogP contribution in [0.3, 0.4) is 0 Å². The van der Waals surface area contributed by atoms with Crippen molar-refractivity contribution in [3.8, 4) is 0 Å². The first-order chi connectivity index (χ1) is 12.9. The summed E-state index contributed by atoms with van der Waals surface area (Å²) in [6.07, 6.45) is 0.892. The Morgan fingerprint density at radius 3 is 2.37 bits per heavy atom. The summed E-state index contributed by atoms with van der Waals surface area (Å²) in [7, 11) is 0. The second-order valence-corrected chi connectivity index (χ2v) is 7.32. The van der Waals surface area contributed by atoms with E-state index in [4.69, 9.17) is 4.42 Å². The Morgan fingerprint density at radius 2 is 1.63 bits per heavy atom. The molecule has 0 bridgehead atoms. The first-order valence-electron chi connectivity index (χ1n) is 9.04. The van der Waals surface area contributed by atoms with Crippen LogP contribution in [0.5, 0.6) is 0 Å². The van der Waals surface area contributed by atoms with Crippen molar-refractivity contribution in [1.82, 2.24) is 0 Å². The molecule has 0 spiro atoms. The summed E-state index contributed by atoms with van der Waals surface area (Å²) in [5.41, 5.74) is 4.26. The number of allylic oxidation sites excluding steroid dienone is 2. The molecule has 1 aliphatic rings. The summed E-state index contributed by atoms with van der Waals surface area (Å²) < 4.78 is 5.86. The number of rotatable bonds is 3. The minimum Gasteiger partial charge on any atom is -0.481 e. The van der Waals surface area contributed by atoms with E-state index in [-0.39, 0.29) is 5.91 Å². The van der Waals surface area contributed by atoms with Gasteiger partial charge in [-0.15, -0.1) is 0 Å². The maximum absolute atomic E-state index is 12.8. The summed E-state index contributed by atoms with van der Waals surface area (Å²) in [6.45, 7) is 3.91. The van der Waals surface area contributed by atoms with Crippen LogP contribution in [0.2, 0.25) is 0 Å². The molecule has 5 heteroatoms. The van der Waals surface area contributed by atoms with E-state index in [0.29, 0.717) is 24.1 Å². The van der Waals surface area contributed by atoms with E-state index in [1.165, 1.54) is 0 Å². The van der Waals surface area contributed by atoms with Crippen LogP contribution >= 0.6 is 0 Å². The van der Waals surface area contributed by atoms with E-state index in [0.717, 1.165) is 27.5 Å². The number of fused-ring (bicyclic) bond motifs is 3. The smallest absolute Gasteiger partial charge is 0.307 e. The number of hydrogen-bond donors (Lipinski definition) is 2. The molecule has 2 atom stereocenters. The van der Waals surface area contributed by atoms with Gasteiger partial charge in [0.15, 0.2) is 0 Å². The van der Waals surface area contributed by atoms with Gasteiger partial charge in [-0.3, -0.25) is 9.59 Å². The van der Waals surface area contributed by atoms with Crippen molar-refractivity contribution in [2.45, 2.75) is 26.7 Å². The van der Waals surface area contributed by atoms with Crippen LogP contribution < -0.4 is 5.32 Å². The second kappa shape index (κ2) is 6.58. The number of carboxylic acids is 1. The predicted molar refractivity (Wildman–Crippen MR) is 105 cm³/mol. The Hall–Kier alpha value is -3.08. The Bertz CT molecular complexity index is 1090. The summed E-state index contributed by atoms with van der Waals surface area (Å²) in [6, 6.07) is 13.3. The lowest BCUT2D eigenvalue weighted by Crippen LogP contribution is -2.36. The summed E-state index contributed by atoms with van der Waals surface area (Å²) in [4.78, 5) is 24.4. The van der Waals surface area contributed by atoms with E-state index in [9.17, 15) is 14.7 Å². The molecule has 4 rings (SSSR count). The van der Waals surface area contributed by atoms with Crippen molar-refractivity contribution in [3.05, 3.63) is 53.6 Å². The van der Waals surface area contributed by atoms with Crippen molar-refractivity contribution in [3.63, 3.8) is 0 Å². The average Bonchev–Trinajstić information content (AvgIpc) is 3.01. The topological polar surface area (TPSA) is 79.5 Å². The normalized spacial score (nSPS) is 20.2. The fraction of sp³-hybridized carbons (Fsp3) is 0.273. The molecule has 3 aromatic rings. The molecule has 5 nitrogen and oxygen atoms in total. The van der Waals surface area contributed by atoms with Crippen LogP contribution in [-0.2, 0) is 9.59 Å². The highest BCUT2D eigenvalue weighted by Crippen LogP contribution is 2.36. The van der Waals surface area contributed by atoms with Gasteiger partial charge in [-0.2, -0.15) is 0 Å². The van der Waals surface area contributed by atoms with Crippen molar-refractivity contribution in [1.29, 1.82) is 0 Å². The van der Waals surface area contributed by atoms with Gasteiger partial charge in [0.25, 0.3) is 0 Å². The molecule has 27 heavy (non-hydrogen) atoms. The Morgan fingerprint density at radius 1 is 0.963 bits per heavy atom. The van der Waals surface area contributed by atoms with E-state index in [1.807, 2.05) is 50.2 Å². The third-order valence-electron chi connectivity index (χ3n) is 5.57. The maximum atomic E-state index is 12.8. The maximum Gasteiger partial charge on any atom is 0.307 e. The second-order valence-electron chi connectivity index (χ2n) is 7.32. The Labute approximate surface area is 156 Å². The zero-order valence-electron chi connectivity index (χ0n) is 15.3. The summed E-state index contributed by atoms with van der Waals surface area (Å²) >= 11 is 0. The predicted octanol–water partition coefficient (Wildman–Crippen LogP) is 4.97. The molecular weight excluding hydrogens is 342 g/mol. The molecule has 2 N–H and O–H groups in total. The first-order valence-corrected chi connectivity index (χ1v) is 9.04. The van der Waals surface area contributed by atoms with Crippen LogP contribution in [0.15, 0.2) is 58.0 Å². The third kappa shape index (κ3) is 3.10. The van der Waals surface area contributed by atoms with Crippen molar-refractivity contribution < 1.29 is 19.1 Å². The molecular formula is C22H21NO4. The van der Waals surface area contributed by atoms with Gasteiger partial charge in [0.05, 0.1) is 11.8 Å². The number of benzene rings is 2. The minimum atomic E-state index is -0.922. The largest absolute Gasteiger partial charge is 0.481 e. The van der Waals surface area contributed by atoms with Crippen LogP contribution in [0.4, 0.5) is 5.69 Å². The molecule has 0 saturated heterocycles. The van der Waals surface area contributed by atoms with E-state index in [2.05, 4.69) is 5.32 Å². The molecule has 0 saturated carbocycles. The lowest BCUT2D eigenvalue weighted by Gasteiger charge is -2.29. The number of anilines is 1. The number of carbonyl (C=O) groups is 2. The Balaban J connectivity index is 1.62. The van der Waals surface area contributed by atoms with E-state index in [1.54, 1.807) is 6.07 Å². The monoisotopic (exact) mass is 363 g/mol. The van der Waals surface area contributed by atoms with E-state index < -0.39 is 17.8 Å². The molecule has 0 aliphatic heterocycles. The van der Waals surface area contributed by atoms with Crippen molar-refractivity contribution >= 4 is 39.5 Å². The molecule has 2 aromatic carbocycles. The number of carboxylic acid groups (broad SMARTS) is 1. The number of nitrogens with one attached hydrogen (secondary N) is 1. The number of para-hydroxylation sites is 1. The van der Waals surface area contributed by atoms with Gasteiger partial charge in [-0.25, -0.2) is 0 Å². The van der Waals surface area contributed by atoms with Crippen LogP contribution in [0.25, 0.3) is 21.9 Å². The zero-order valence-corrected chi connectivity index (χ0v) is 15.3. The fourth-order valence-corrected chi connectivity index (χ4v) is 3.87. The number of aliphatic carboxylic acids is 1. The van der Waals surface area contributed by atoms with Crippen LogP contribution in [0.1, 0.15) is 26.7 Å². The highest BCUT2D eigenvalue weighted by atomic mass is 16.4. The highest BCUT2D eigenvalue weighted by molar-refractivity contribution is 6.06. The van der Waals surface area contributed by atoms with Crippen molar-refractivity contribution in [2.24, 2.45) is 11.8 Å².